The van der Waals surface area contributed by atoms with Crippen LogP contribution in [0.5, 0.6) is 0 Å². The van der Waals surface area contributed by atoms with Gasteiger partial charge in [-0.2, -0.15) is 0 Å². The van der Waals surface area contributed by atoms with E-state index in [1.54, 1.807) is 6.07 Å². The van der Waals surface area contributed by atoms with Crippen molar-refractivity contribution in [3.8, 4) is 0 Å². The van der Waals surface area contributed by atoms with Gasteiger partial charge in [-0.1, -0.05) is 18.2 Å². The lowest BCUT2D eigenvalue weighted by Gasteiger charge is -2.15. The molecular formula is C16H21N3O2. The number of hydrogen-bond acceptors (Lipinski definition) is 4. The van der Waals surface area contributed by atoms with E-state index in [2.05, 4.69) is 32.1 Å². The van der Waals surface area contributed by atoms with E-state index in [0.29, 0.717) is 12.2 Å². The van der Waals surface area contributed by atoms with E-state index in [4.69, 9.17) is 0 Å². The summed E-state index contributed by atoms with van der Waals surface area (Å²) in [5.41, 5.74) is 3.74. The van der Waals surface area contributed by atoms with Gasteiger partial charge < -0.3 is 19.9 Å². The molecule has 1 aromatic heterocycles. The fourth-order valence-electron chi connectivity index (χ4n) is 2.13. The van der Waals surface area contributed by atoms with Gasteiger partial charge >= 0.3 is 5.97 Å². The second-order valence-corrected chi connectivity index (χ2v) is 5.14. The molecule has 0 unspecified atom stereocenters. The minimum absolute atomic E-state index is 0.353. The van der Waals surface area contributed by atoms with Crippen molar-refractivity contribution in [2.24, 2.45) is 0 Å². The highest BCUT2D eigenvalue weighted by Gasteiger charge is 2.08. The molecule has 0 atom stereocenters. The number of aromatic amines is 1. The number of para-hydroxylation sites is 1. The number of nitrogens with one attached hydrogen (secondary N) is 2. The number of H-pyrrole nitrogens is 1. The Labute approximate surface area is 124 Å². The predicted molar refractivity (Wildman–Crippen MR) is 83.3 cm³/mol. The quantitative estimate of drug-likeness (QED) is 0.801. The topological polar surface area (TPSA) is 57.4 Å². The van der Waals surface area contributed by atoms with Crippen molar-refractivity contribution < 1.29 is 9.53 Å². The van der Waals surface area contributed by atoms with Gasteiger partial charge in [-0.25, -0.2) is 4.79 Å². The molecule has 1 heterocycles. The lowest BCUT2D eigenvalue weighted by molar-refractivity contribution is 0.0594. The van der Waals surface area contributed by atoms with Gasteiger partial charge in [0, 0.05) is 17.9 Å². The van der Waals surface area contributed by atoms with Gasteiger partial charge in [-0.05, 0) is 37.9 Å². The van der Waals surface area contributed by atoms with Gasteiger partial charge in [-0.15, -0.1) is 0 Å². The molecule has 0 bridgehead atoms. The van der Waals surface area contributed by atoms with Crippen LogP contribution in [0.2, 0.25) is 0 Å². The molecular weight excluding hydrogens is 266 g/mol. The molecule has 2 N–H and O–H groups in total. The second kappa shape index (κ2) is 6.95. The highest BCUT2D eigenvalue weighted by Crippen LogP contribution is 2.17. The third kappa shape index (κ3) is 4.10. The number of ether oxygens (including phenoxy) is 1. The van der Waals surface area contributed by atoms with Crippen molar-refractivity contribution in [3.05, 3.63) is 53.3 Å². The first-order valence-electron chi connectivity index (χ1n) is 6.83. The van der Waals surface area contributed by atoms with Gasteiger partial charge in [-0.3, -0.25) is 0 Å². The van der Waals surface area contributed by atoms with Crippen LogP contribution in [-0.2, 0) is 17.8 Å². The molecule has 0 fully saturated rings. The maximum atomic E-state index is 11.4. The largest absolute Gasteiger partial charge is 0.464 e. The Morgan fingerprint density at radius 2 is 2.00 bits per heavy atom. The van der Waals surface area contributed by atoms with Crippen LogP contribution in [0.15, 0.2) is 36.4 Å². The molecule has 0 amide bonds. The van der Waals surface area contributed by atoms with Crippen molar-refractivity contribution in [1.82, 2.24) is 9.88 Å². The van der Waals surface area contributed by atoms with Crippen LogP contribution < -0.4 is 5.32 Å². The smallest absolute Gasteiger partial charge is 0.354 e. The van der Waals surface area contributed by atoms with E-state index in [0.717, 1.165) is 17.9 Å². The van der Waals surface area contributed by atoms with Crippen LogP contribution in [-0.4, -0.2) is 37.1 Å². The SMILES string of the molecule is COC(=O)c1ccc(CNc2ccccc2CN(C)C)[nH]1. The number of hydrogen-bond donors (Lipinski definition) is 2. The zero-order chi connectivity index (χ0) is 15.2. The molecule has 2 aromatic rings. The van der Waals surface area contributed by atoms with Crippen molar-refractivity contribution in [2.75, 3.05) is 26.5 Å². The molecule has 0 spiro atoms. The number of anilines is 1. The Kier molecular flexibility index (Phi) is 5.00. The van der Waals surface area contributed by atoms with Crippen molar-refractivity contribution in [1.29, 1.82) is 0 Å². The number of rotatable bonds is 6. The summed E-state index contributed by atoms with van der Waals surface area (Å²) < 4.78 is 4.68. The molecule has 112 valence electrons. The number of carbonyl (C=O) groups excluding carboxylic acids is 1. The second-order valence-electron chi connectivity index (χ2n) is 5.14. The Hall–Kier alpha value is -2.27. The number of esters is 1. The van der Waals surface area contributed by atoms with Gasteiger partial charge in [0.15, 0.2) is 0 Å². The molecule has 0 saturated carbocycles. The summed E-state index contributed by atoms with van der Waals surface area (Å²) in [6.45, 7) is 1.50. The Morgan fingerprint density at radius 1 is 1.24 bits per heavy atom. The number of carbonyl (C=O) groups is 1. The minimum Gasteiger partial charge on any atom is -0.464 e. The molecule has 0 aliphatic heterocycles. The van der Waals surface area contributed by atoms with E-state index < -0.39 is 0 Å². The maximum Gasteiger partial charge on any atom is 0.354 e. The molecule has 5 nitrogen and oxygen atoms in total. The Bertz CT molecular complexity index is 605. The summed E-state index contributed by atoms with van der Waals surface area (Å²) in [5, 5.41) is 3.40. The summed E-state index contributed by atoms with van der Waals surface area (Å²) >= 11 is 0. The summed E-state index contributed by atoms with van der Waals surface area (Å²) in [6, 6.07) is 11.8. The minimum atomic E-state index is -0.353. The lowest BCUT2D eigenvalue weighted by Crippen LogP contribution is -2.13. The summed E-state index contributed by atoms with van der Waals surface area (Å²) in [6.07, 6.45) is 0. The first-order valence-corrected chi connectivity index (χ1v) is 6.83. The zero-order valence-electron chi connectivity index (χ0n) is 12.6. The fourth-order valence-corrected chi connectivity index (χ4v) is 2.13. The summed E-state index contributed by atoms with van der Waals surface area (Å²) in [5.74, 6) is -0.353. The summed E-state index contributed by atoms with van der Waals surface area (Å²) in [7, 11) is 5.47. The maximum absolute atomic E-state index is 11.4. The average molecular weight is 287 g/mol. The summed E-state index contributed by atoms with van der Waals surface area (Å²) in [4.78, 5) is 16.6. The number of aromatic nitrogens is 1. The van der Waals surface area contributed by atoms with Crippen LogP contribution in [0.1, 0.15) is 21.7 Å². The first-order chi connectivity index (χ1) is 10.1. The van der Waals surface area contributed by atoms with E-state index in [-0.39, 0.29) is 5.97 Å². The molecule has 1 aromatic carbocycles. The molecule has 0 aliphatic carbocycles. The van der Waals surface area contributed by atoms with E-state index in [9.17, 15) is 4.79 Å². The lowest BCUT2D eigenvalue weighted by atomic mass is 10.1. The van der Waals surface area contributed by atoms with Crippen molar-refractivity contribution in [3.63, 3.8) is 0 Å². The predicted octanol–water partition coefficient (Wildman–Crippen LogP) is 2.48. The standard InChI is InChI=1S/C16H21N3O2/c1-19(2)11-12-6-4-5-7-14(12)17-10-13-8-9-15(18-13)16(20)21-3/h4-9,17-18H,10-11H2,1-3H3. The fraction of sp³-hybridized carbons (Fsp3) is 0.312. The Balaban J connectivity index is 2.03. The first kappa shape index (κ1) is 15.1. The monoisotopic (exact) mass is 287 g/mol. The molecule has 0 aliphatic rings. The normalized spacial score (nSPS) is 10.7. The Morgan fingerprint density at radius 3 is 2.71 bits per heavy atom. The van der Waals surface area contributed by atoms with Gasteiger partial charge in [0.2, 0.25) is 0 Å². The highest BCUT2D eigenvalue weighted by molar-refractivity contribution is 5.87. The third-order valence-corrected chi connectivity index (χ3v) is 3.12. The number of methoxy groups -OCH3 is 1. The molecule has 0 radical (unpaired) electrons. The molecule has 5 heteroatoms. The van der Waals surface area contributed by atoms with Crippen LogP contribution in [0.4, 0.5) is 5.69 Å². The molecule has 0 saturated heterocycles. The van der Waals surface area contributed by atoms with Gasteiger partial charge in [0.25, 0.3) is 0 Å². The van der Waals surface area contributed by atoms with Crippen molar-refractivity contribution >= 4 is 11.7 Å². The highest BCUT2D eigenvalue weighted by atomic mass is 16.5. The number of benzene rings is 1. The van der Waals surface area contributed by atoms with Crippen LogP contribution in [0, 0.1) is 0 Å². The van der Waals surface area contributed by atoms with E-state index in [1.165, 1.54) is 12.7 Å². The van der Waals surface area contributed by atoms with E-state index >= 15 is 0 Å². The van der Waals surface area contributed by atoms with Crippen LogP contribution in [0.25, 0.3) is 0 Å². The van der Waals surface area contributed by atoms with Gasteiger partial charge in [0.1, 0.15) is 5.69 Å². The van der Waals surface area contributed by atoms with E-state index in [1.807, 2.05) is 32.3 Å². The zero-order valence-corrected chi connectivity index (χ0v) is 12.6. The van der Waals surface area contributed by atoms with Crippen LogP contribution in [0.3, 0.4) is 0 Å². The van der Waals surface area contributed by atoms with Gasteiger partial charge in [0.05, 0.1) is 13.7 Å². The third-order valence-electron chi connectivity index (χ3n) is 3.12. The number of nitrogens with zero attached hydrogens (tertiary/aromatic N) is 1. The molecule has 2 rings (SSSR count). The van der Waals surface area contributed by atoms with Crippen LogP contribution >= 0.6 is 0 Å². The average Bonchev–Trinajstić information content (AvgIpc) is 2.94. The molecule has 21 heavy (non-hydrogen) atoms. The van der Waals surface area contributed by atoms with Crippen molar-refractivity contribution in [2.45, 2.75) is 13.1 Å².